The lowest BCUT2D eigenvalue weighted by Gasteiger charge is -2.24. The van der Waals surface area contributed by atoms with E-state index in [2.05, 4.69) is 0 Å². The Balaban J connectivity index is 1.91. The third kappa shape index (κ3) is 1.51. The van der Waals surface area contributed by atoms with Crippen LogP contribution in [-0.2, 0) is 0 Å². The van der Waals surface area contributed by atoms with Crippen molar-refractivity contribution < 1.29 is 9.18 Å². The lowest BCUT2D eigenvalue weighted by Crippen LogP contribution is -2.34. The zero-order chi connectivity index (χ0) is 12.9. The number of fused-ring (bicyclic) bond motifs is 1. The fourth-order valence-corrected chi connectivity index (χ4v) is 3.50. The Kier molecular flexibility index (Phi) is 2.54. The quantitative estimate of drug-likeness (QED) is 0.748. The third-order valence-electron chi connectivity index (χ3n) is 4.43. The first-order valence-electron chi connectivity index (χ1n) is 6.34. The molecule has 1 aliphatic heterocycles. The molecule has 3 rings (SSSR count). The second-order valence-corrected chi connectivity index (χ2v) is 5.30. The Morgan fingerprint density at radius 3 is 2.44 bits per heavy atom. The monoisotopic (exact) mass is 248 g/mol. The van der Waals surface area contributed by atoms with Gasteiger partial charge < -0.3 is 9.80 Å². The molecule has 1 saturated heterocycles. The van der Waals surface area contributed by atoms with E-state index < -0.39 is 0 Å². The van der Waals surface area contributed by atoms with Crippen molar-refractivity contribution in [3.8, 4) is 0 Å². The van der Waals surface area contributed by atoms with Crippen molar-refractivity contribution in [1.82, 2.24) is 9.80 Å². The van der Waals surface area contributed by atoms with E-state index in [-0.39, 0.29) is 17.9 Å². The van der Waals surface area contributed by atoms with Gasteiger partial charge in [0.25, 0.3) is 0 Å². The Hall–Kier alpha value is -1.58. The molecule has 1 saturated carbocycles. The Morgan fingerprint density at radius 1 is 1.11 bits per heavy atom. The highest BCUT2D eigenvalue weighted by atomic mass is 19.1. The lowest BCUT2D eigenvalue weighted by molar-refractivity contribution is 0.195. The molecule has 0 N–H and O–H groups in total. The van der Waals surface area contributed by atoms with Crippen LogP contribution in [-0.4, -0.2) is 42.0 Å². The normalized spacial score (nSPS) is 31.1. The van der Waals surface area contributed by atoms with Crippen molar-refractivity contribution in [2.45, 2.75) is 30.8 Å². The van der Waals surface area contributed by atoms with Crippen LogP contribution < -0.4 is 0 Å². The number of amides is 2. The van der Waals surface area contributed by atoms with Crippen LogP contribution in [0, 0.1) is 5.82 Å². The topological polar surface area (TPSA) is 23.6 Å². The number of halogens is 1. The standard InChI is InChI=1S/C14H17FN2O/c1-16-12-8-7-11(13(12)17(2)14(16)18)9-3-5-10(15)6-4-9/h3-6,11-13H,7-8H2,1-2H3/t11-,12-,13+/m0/s1. The Labute approximate surface area is 106 Å². The molecule has 4 heteroatoms. The lowest BCUT2D eigenvalue weighted by atomic mass is 9.93. The number of hydrogen-bond donors (Lipinski definition) is 0. The van der Waals surface area contributed by atoms with E-state index in [9.17, 15) is 9.18 Å². The van der Waals surface area contributed by atoms with Gasteiger partial charge in [-0.05, 0) is 30.5 Å². The minimum atomic E-state index is -0.207. The van der Waals surface area contributed by atoms with Gasteiger partial charge in [-0.15, -0.1) is 0 Å². The van der Waals surface area contributed by atoms with Gasteiger partial charge in [-0.25, -0.2) is 9.18 Å². The number of nitrogens with zero attached hydrogens (tertiary/aromatic N) is 2. The largest absolute Gasteiger partial charge is 0.323 e. The summed E-state index contributed by atoms with van der Waals surface area (Å²) in [6.45, 7) is 0. The maximum Gasteiger partial charge on any atom is 0.320 e. The van der Waals surface area contributed by atoms with Crippen molar-refractivity contribution in [3.05, 3.63) is 35.6 Å². The molecule has 3 atom stereocenters. The van der Waals surface area contributed by atoms with Crippen LogP contribution in [0.2, 0.25) is 0 Å². The predicted octanol–water partition coefficient (Wildman–Crippen LogP) is 2.44. The molecule has 2 aliphatic rings. The van der Waals surface area contributed by atoms with Crippen molar-refractivity contribution in [2.24, 2.45) is 0 Å². The van der Waals surface area contributed by atoms with Gasteiger partial charge in [-0.1, -0.05) is 12.1 Å². The molecule has 2 fully saturated rings. The molecular formula is C14H17FN2O. The number of urea groups is 1. The Bertz CT molecular complexity index is 473. The maximum absolute atomic E-state index is 13.0. The molecule has 2 amide bonds. The molecule has 96 valence electrons. The molecule has 1 aromatic rings. The van der Waals surface area contributed by atoms with Crippen molar-refractivity contribution in [1.29, 1.82) is 0 Å². The molecule has 0 spiro atoms. The average molecular weight is 248 g/mol. The SMILES string of the molecule is CN1C(=O)N(C)[C@H]2CC[C@@H](c3ccc(F)cc3)[C@H]21. The molecule has 3 nitrogen and oxygen atoms in total. The van der Waals surface area contributed by atoms with Crippen LogP contribution in [0.3, 0.4) is 0 Å². The molecule has 1 aliphatic carbocycles. The molecule has 0 radical (unpaired) electrons. The molecule has 0 bridgehead atoms. The van der Waals surface area contributed by atoms with E-state index in [1.807, 2.05) is 36.0 Å². The summed E-state index contributed by atoms with van der Waals surface area (Å²) in [6.07, 6.45) is 2.09. The van der Waals surface area contributed by atoms with Gasteiger partial charge in [0, 0.05) is 20.0 Å². The van der Waals surface area contributed by atoms with Crippen molar-refractivity contribution in [3.63, 3.8) is 0 Å². The number of rotatable bonds is 1. The fourth-order valence-electron chi connectivity index (χ4n) is 3.50. The van der Waals surface area contributed by atoms with Gasteiger partial charge in [0.15, 0.2) is 0 Å². The fraction of sp³-hybridized carbons (Fsp3) is 0.500. The summed E-state index contributed by atoms with van der Waals surface area (Å²) in [5, 5.41) is 0. The minimum Gasteiger partial charge on any atom is -0.323 e. The van der Waals surface area contributed by atoms with Crippen LogP contribution in [0.1, 0.15) is 24.3 Å². The van der Waals surface area contributed by atoms with E-state index in [0.717, 1.165) is 18.4 Å². The van der Waals surface area contributed by atoms with Gasteiger partial charge in [0.1, 0.15) is 5.82 Å². The van der Waals surface area contributed by atoms with Crippen LogP contribution in [0.25, 0.3) is 0 Å². The molecule has 1 aromatic carbocycles. The molecular weight excluding hydrogens is 231 g/mol. The van der Waals surface area contributed by atoms with Crippen LogP contribution >= 0.6 is 0 Å². The first kappa shape index (κ1) is 11.5. The first-order chi connectivity index (χ1) is 8.59. The minimum absolute atomic E-state index is 0.0943. The summed E-state index contributed by atoms with van der Waals surface area (Å²) in [5.41, 5.74) is 1.14. The van der Waals surface area contributed by atoms with E-state index >= 15 is 0 Å². The van der Waals surface area contributed by atoms with Gasteiger partial charge >= 0.3 is 6.03 Å². The predicted molar refractivity (Wildman–Crippen MR) is 66.9 cm³/mol. The van der Waals surface area contributed by atoms with Crippen LogP contribution in [0.5, 0.6) is 0 Å². The van der Waals surface area contributed by atoms with Crippen LogP contribution in [0.4, 0.5) is 9.18 Å². The zero-order valence-corrected chi connectivity index (χ0v) is 10.6. The van der Waals surface area contributed by atoms with Crippen molar-refractivity contribution in [2.75, 3.05) is 14.1 Å². The molecule has 1 heterocycles. The molecule has 0 aromatic heterocycles. The number of benzene rings is 1. The summed E-state index contributed by atoms with van der Waals surface area (Å²) in [7, 11) is 3.74. The number of carbonyl (C=O) groups excluding carboxylic acids is 1. The van der Waals surface area contributed by atoms with Gasteiger partial charge in [-0.3, -0.25) is 0 Å². The van der Waals surface area contributed by atoms with Gasteiger partial charge in [0.2, 0.25) is 0 Å². The highest BCUT2D eigenvalue weighted by molar-refractivity contribution is 5.78. The van der Waals surface area contributed by atoms with Gasteiger partial charge in [-0.2, -0.15) is 0 Å². The van der Waals surface area contributed by atoms with E-state index in [0.29, 0.717) is 12.0 Å². The van der Waals surface area contributed by atoms with E-state index in [1.165, 1.54) is 12.1 Å². The van der Waals surface area contributed by atoms with E-state index in [1.54, 1.807) is 0 Å². The smallest absolute Gasteiger partial charge is 0.320 e. The third-order valence-corrected chi connectivity index (χ3v) is 4.43. The van der Waals surface area contributed by atoms with E-state index in [4.69, 9.17) is 0 Å². The summed E-state index contributed by atoms with van der Waals surface area (Å²) in [5.74, 6) is 0.121. The Morgan fingerprint density at radius 2 is 1.78 bits per heavy atom. The van der Waals surface area contributed by atoms with Crippen molar-refractivity contribution >= 4 is 6.03 Å². The number of hydrogen-bond acceptors (Lipinski definition) is 1. The summed E-state index contributed by atoms with van der Waals surface area (Å²) >= 11 is 0. The highest BCUT2D eigenvalue weighted by Gasteiger charge is 2.49. The molecule has 18 heavy (non-hydrogen) atoms. The summed E-state index contributed by atoms with van der Waals surface area (Å²) < 4.78 is 13.0. The number of carbonyl (C=O) groups is 1. The number of likely N-dealkylation sites (N-methyl/N-ethyl adjacent to an activating group) is 2. The average Bonchev–Trinajstić information content (AvgIpc) is 2.88. The maximum atomic E-state index is 13.0. The van der Waals surface area contributed by atoms with Gasteiger partial charge in [0.05, 0.1) is 12.1 Å². The second-order valence-electron chi connectivity index (χ2n) is 5.30. The first-order valence-corrected chi connectivity index (χ1v) is 6.34. The summed E-state index contributed by atoms with van der Waals surface area (Å²) in [4.78, 5) is 15.6. The molecule has 0 unspecified atom stereocenters. The zero-order valence-electron chi connectivity index (χ0n) is 10.6. The van der Waals surface area contributed by atoms with Crippen LogP contribution in [0.15, 0.2) is 24.3 Å². The second kappa shape index (κ2) is 3.97. The summed E-state index contributed by atoms with van der Waals surface area (Å²) in [6, 6.07) is 7.33. The highest BCUT2D eigenvalue weighted by Crippen LogP contribution is 2.43.